The lowest BCUT2D eigenvalue weighted by molar-refractivity contribution is 0.774. The summed E-state index contributed by atoms with van der Waals surface area (Å²) in [6.07, 6.45) is 1.17. The van der Waals surface area contributed by atoms with Gasteiger partial charge in [0.2, 0.25) is 0 Å². The van der Waals surface area contributed by atoms with E-state index in [4.69, 9.17) is 5.84 Å². The molecule has 2 heterocycles. The van der Waals surface area contributed by atoms with Gasteiger partial charge in [-0.05, 0) is 24.1 Å². The van der Waals surface area contributed by atoms with Gasteiger partial charge < -0.3 is 10.3 Å². The van der Waals surface area contributed by atoms with Crippen LogP contribution in [0.3, 0.4) is 0 Å². The number of hydrazine groups is 1. The van der Waals surface area contributed by atoms with Crippen molar-refractivity contribution in [3.63, 3.8) is 0 Å². The zero-order valence-corrected chi connectivity index (χ0v) is 10.8. The Morgan fingerprint density at radius 3 is 2.74 bits per heavy atom. The van der Waals surface area contributed by atoms with Crippen LogP contribution >= 0.6 is 0 Å². The van der Waals surface area contributed by atoms with E-state index in [9.17, 15) is 0 Å². The first-order chi connectivity index (χ1) is 9.36. The molecule has 3 rings (SSSR count). The van der Waals surface area contributed by atoms with Crippen molar-refractivity contribution >= 4 is 11.6 Å². The fraction of sp³-hybridized carbons (Fsp3) is 0.267. The molecule has 4 nitrogen and oxygen atoms in total. The van der Waals surface area contributed by atoms with E-state index in [1.807, 2.05) is 18.2 Å². The van der Waals surface area contributed by atoms with Gasteiger partial charge >= 0.3 is 0 Å². The van der Waals surface area contributed by atoms with Crippen LogP contribution in [0.5, 0.6) is 0 Å². The minimum atomic E-state index is 0.595. The van der Waals surface area contributed by atoms with Crippen molar-refractivity contribution in [1.29, 1.82) is 0 Å². The fourth-order valence-electron chi connectivity index (χ4n) is 2.65. The Balaban J connectivity index is 1.75. The second-order valence-electron chi connectivity index (χ2n) is 4.87. The maximum absolute atomic E-state index is 5.40. The lowest BCUT2D eigenvalue weighted by atomic mass is 9.99. The molecule has 1 saturated heterocycles. The van der Waals surface area contributed by atoms with Crippen LogP contribution in [0.4, 0.5) is 11.6 Å². The number of nitrogens with two attached hydrogens (primary N) is 1. The normalized spacial score (nSPS) is 18.6. The van der Waals surface area contributed by atoms with Gasteiger partial charge in [-0.15, -0.1) is 0 Å². The zero-order valence-electron chi connectivity index (χ0n) is 10.8. The third-order valence-electron chi connectivity index (χ3n) is 3.67. The third-order valence-corrected chi connectivity index (χ3v) is 3.67. The van der Waals surface area contributed by atoms with Crippen LogP contribution in [0.25, 0.3) is 0 Å². The molecule has 4 heteroatoms. The highest BCUT2D eigenvalue weighted by molar-refractivity contribution is 5.48. The van der Waals surface area contributed by atoms with E-state index in [1.165, 1.54) is 12.0 Å². The highest BCUT2D eigenvalue weighted by Gasteiger charge is 2.24. The number of hydrogen-bond donors (Lipinski definition) is 2. The summed E-state index contributed by atoms with van der Waals surface area (Å²) in [5.41, 5.74) is 4.01. The number of anilines is 2. The summed E-state index contributed by atoms with van der Waals surface area (Å²) in [5.74, 6) is 7.70. The molecule has 1 aliphatic rings. The smallest absolute Gasteiger partial charge is 0.142 e. The molecule has 0 saturated carbocycles. The van der Waals surface area contributed by atoms with E-state index in [-0.39, 0.29) is 0 Å². The quantitative estimate of drug-likeness (QED) is 0.652. The lowest BCUT2D eigenvalue weighted by Crippen LogP contribution is -2.21. The van der Waals surface area contributed by atoms with Gasteiger partial charge in [0.25, 0.3) is 0 Å². The van der Waals surface area contributed by atoms with Crippen molar-refractivity contribution in [2.45, 2.75) is 12.3 Å². The van der Waals surface area contributed by atoms with Crippen LogP contribution in [0.1, 0.15) is 17.9 Å². The number of hydrogen-bond acceptors (Lipinski definition) is 4. The van der Waals surface area contributed by atoms with Gasteiger partial charge in [-0.2, -0.15) is 0 Å². The number of pyridine rings is 1. The summed E-state index contributed by atoms with van der Waals surface area (Å²) >= 11 is 0. The van der Waals surface area contributed by atoms with E-state index in [2.05, 4.69) is 45.6 Å². The molecule has 19 heavy (non-hydrogen) atoms. The molecule has 1 aromatic heterocycles. The summed E-state index contributed by atoms with van der Waals surface area (Å²) < 4.78 is 0. The molecule has 0 aliphatic carbocycles. The largest absolute Gasteiger partial charge is 0.356 e. The predicted molar refractivity (Wildman–Crippen MR) is 78.1 cm³/mol. The summed E-state index contributed by atoms with van der Waals surface area (Å²) in [6.45, 7) is 2.06. The van der Waals surface area contributed by atoms with Crippen LogP contribution in [0, 0.1) is 0 Å². The van der Waals surface area contributed by atoms with Crippen molar-refractivity contribution in [2.75, 3.05) is 23.4 Å². The van der Waals surface area contributed by atoms with Crippen molar-refractivity contribution in [3.8, 4) is 0 Å². The molecule has 1 aliphatic heterocycles. The molecule has 1 aromatic carbocycles. The average Bonchev–Trinajstić information content (AvgIpc) is 2.98. The lowest BCUT2D eigenvalue weighted by Gasteiger charge is -2.18. The van der Waals surface area contributed by atoms with Crippen molar-refractivity contribution in [2.24, 2.45) is 5.84 Å². The summed E-state index contributed by atoms with van der Waals surface area (Å²) in [4.78, 5) is 6.81. The van der Waals surface area contributed by atoms with E-state index in [0.29, 0.717) is 11.7 Å². The van der Waals surface area contributed by atoms with Crippen molar-refractivity contribution < 1.29 is 0 Å². The van der Waals surface area contributed by atoms with Crippen molar-refractivity contribution in [3.05, 3.63) is 54.1 Å². The standard InChI is InChI=1S/C15H18N4/c16-18-14-7-4-8-15(17-14)19-10-9-13(11-19)12-5-2-1-3-6-12/h1-8,13H,9-11,16H2,(H,17,18). The second kappa shape index (κ2) is 5.28. The SMILES string of the molecule is NNc1cccc(N2CCC(c3ccccc3)C2)n1. The number of nitrogens with one attached hydrogen (secondary N) is 1. The van der Waals surface area contributed by atoms with Gasteiger partial charge in [0, 0.05) is 19.0 Å². The number of rotatable bonds is 3. The average molecular weight is 254 g/mol. The number of benzene rings is 1. The van der Waals surface area contributed by atoms with E-state index < -0.39 is 0 Å². The summed E-state index contributed by atoms with van der Waals surface area (Å²) in [5, 5.41) is 0. The van der Waals surface area contributed by atoms with Crippen LogP contribution < -0.4 is 16.2 Å². The Hall–Kier alpha value is -2.07. The Morgan fingerprint density at radius 1 is 1.11 bits per heavy atom. The molecule has 0 amide bonds. The molecule has 2 aromatic rings. The van der Waals surface area contributed by atoms with Crippen LogP contribution in [0.2, 0.25) is 0 Å². The fourth-order valence-corrected chi connectivity index (χ4v) is 2.65. The first-order valence-electron chi connectivity index (χ1n) is 6.60. The van der Waals surface area contributed by atoms with Crippen LogP contribution in [-0.2, 0) is 0 Å². The first kappa shape index (κ1) is 12.0. The molecule has 3 N–H and O–H groups in total. The van der Waals surface area contributed by atoms with E-state index >= 15 is 0 Å². The topological polar surface area (TPSA) is 54.2 Å². The maximum Gasteiger partial charge on any atom is 0.142 e. The summed E-state index contributed by atoms with van der Waals surface area (Å²) in [6, 6.07) is 16.6. The molecule has 1 unspecified atom stereocenters. The van der Waals surface area contributed by atoms with Gasteiger partial charge in [0.15, 0.2) is 0 Å². The molecule has 1 fully saturated rings. The van der Waals surface area contributed by atoms with Gasteiger partial charge in [0.05, 0.1) is 0 Å². The Bertz CT molecular complexity index is 541. The maximum atomic E-state index is 5.40. The third kappa shape index (κ3) is 2.53. The Labute approximate surface area is 113 Å². The zero-order chi connectivity index (χ0) is 13.1. The molecule has 0 radical (unpaired) electrons. The highest BCUT2D eigenvalue weighted by Crippen LogP contribution is 2.29. The minimum Gasteiger partial charge on any atom is -0.356 e. The number of nitrogen functional groups attached to an aromatic ring is 1. The molecule has 0 spiro atoms. The molecular weight excluding hydrogens is 236 g/mol. The van der Waals surface area contributed by atoms with E-state index in [1.54, 1.807) is 0 Å². The first-order valence-corrected chi connectivity index (χ1v) is 6.60. The Kier molecular flexibility index (Phi) is 3.33. The second-order valence-corrected chi connectivity index (χ2v) is 4.87. The minimum absolute atomic E-state index is 0.595. The van der Waals surface area contributed by atoms with E-state index in [0.717, 1.165) is 18.9 Å². The molecule has 98 valence electrons. The van der Waals surface area contributed by atoms with Crippen molar-refractivity contribution in [1.82, 2.24) is 4.98 Å². The summed E-state index contributed by atoms with van der Waals surface area (Å²) in [7, 11) is 0. The molecular formula is C15H18N4. The van der Waals surface area contributed by atoms with Gasteiger partial charge in [-0.25, -0.2) is 10.8 Å². The predicted octanol–water partition coefficient (Wildman–Crippen LogP) is 2.36. The van der Waals surface area contributed by atoms with Crippen LogP contribution in [-0.4, -0.2) is 18.1 Å². The monoisotopic (exact) mass is 254 g/mol. The van der Waals surface area contributed by atoms with Gasteiger partial charge in [-0.1, -0.05) is 36.4 Å². The van der Waals surface area contributed by atoms with Gasteiger partial charge in [0.1, 0.15) is 11.6 Å². The highest BCUT2D eigenvalue weighted by atomic mass is 15.3. The number of nitrogens with zero attached hydrogens (tertiary/aromatic N) is 2. The van der Waals surface area contributed by atoms with Gasteiger partial charge in [-0.3, -0.25) is 0 Å². The molecule has 0 bridgehead atoms. The number of aromatic nitrogens is 1. The van der Waals surface area contributed by atoms with Crippen LogP contribution in [0.15, 0.2) is 48.5 Å². The Morgan fingerprint density at radius 2 is 1.95 bits per heavy atom. The molecule has 1 atom stereocenters.